The second kappa shape index (κ2) is 9.74. The van der Waals surface area contributed by atoms with E-state index in [0.29, 0.717) is 19.0 Å². The number of hydrogen-bond donors (Lipinski definition) is 2. The van der Waals surface area contributed by atoms with Crippen molar-refractivity contribution >= 4 is 11.8 Å². The van der Waals surface area contributed by atoms with Crippen molar-refractivity contribution in [3.05, 3.63) is 29.8 Å². The van der Waals surface area contributed by atoms with Crippen LogP contribution in [-0.2, 0) is 16.0 Å². The molecule has 2 amide bonds. The molecule has 2 aliphatic rings. The van der Waals surface area contributed by atoms with Crippen LogP contribution in [-0.4, -0.2) is 55.5 Å². The van der Waals surface area contributed by atoms with Gasteiger partial charge in [0, 0.05) is 19.6 Å². The molecular formula is C21H31N3O3. The molecule has 0 bridgehead atoms. The van der Waals surface area contributed by atoms with E-state index in [1.165, 1.54) is 5.56 Å². The Morgan fingerprint density at radius 3 is 2.74 bits per heavy atom. The van der Waals surface area contributed by atoms with Crippen molar-refractivity contribution in [3.63, 3.8) is 0 Å². The molecule has 3 rings (SSSR count). The van der Waals surface area contributed by atoms with Gasteiger partial charge in [-0.15, -0.1) is 0 Å². The zero-order valence-corrected chi connectivity index (χ0v) is 16.2. The molecule has 6 heteroatoms. The van der Waals surface area contributed by atoms with Crippen LogP contribution in [0.1, 0.15) is 38.2 Å². The van der Waals surface area contributed by atoms with Crippen LogP contribution < -0.4 is 15.4 Å². The number of benzene rings is 1. The first-order valence-electron chi connectivity index (χ1n) is 10.2. The Morgan fingerprint density at radius 2 is 2.04 bits per heavy atom. The lowest BCUT2D eigenvalue weighted by atomic mass is 9.97. The van der Waals surface area contributed by atoms with Gasteiger partial charge in [-0.05, 0) is 62.3 Å². The Hall–Kier alpha value is -2.08. The molecule has 2 N–H and O–H groups in total. The van der Waals surface area contributed by atoms with Crippen LogP contribution >= 0.6 is 0 Å². The van der Waals surface area contributed by atoms with E-state index in [9.17, 15) is 9.59 Å². The summed E-state index contributed by atoms with van der Waals surface area (Å²) in [7, 11) is 0. The number of aryl methyl sites for hydroxylation is 1. The van der Waals surface area contributed by atoms with Crippen LogP contribution in [0.25, 0.3) is 0 Å². The average Bonchev–Trinajstić information content (AvgIpc) is 3.26. The van der Waals surface area contributed by atoms with Gasteiger partial charge in [0.1, 0.15) is 5.75 Å². The van der Waals surface area contributed by atoms with Gasteiger partial charge >= 0.3 is 0 Å². The van der Waals surface area contributed by atoms with Crippen molar-refractivity contribution in [2.24, 2.45) is 5.92 Å². The largest absolute Gasteiger partial charge is 0.484 e. The van der Waals surface area contributed by atoms with E-state index in [4.69, 9.17) is 4.74 Å². The van der Waals surface area contributed by atoms with Crippen LogP contribution in [0, 0.1) is 5.92 Å². The third-order valence-corrected chi connectivity index (χ3v) is 5.51. The molecule has 0 aromatic heterocycles. The molecule has 2 heterocycles. The number of rotatable bonds is 7. The molecule has 0 aliphatic carbocycles. The summed E-state index contributed by atoms with van der Waals surface area (Å²) < 4.78 is 5.65. The van der Waals surface area contributed by atoms with E-state index < -0.39 is 0 Å². The topological polar surface area (TPSA) is 70.7 Å². The monoisotopic (exact) mass is 373 g/mol. The van der Waals surface area contributed by atoms with Crippen LogP contribution in [0.15, 0.2) is 24.3 Å². The quantitative estimate of drug-likeness (QED) is 0.764. The van der Waals surface area contributed by atoms with E-state index in [0.717, 1.165) is 50.9 Å². The maximum atomic E-state index is 12.5. The first-order chi connectivity index (χ1) is 13.2. The highest BCUT2D eigenvalue weighted by Crippen LogP contribution is 2.17. The van der Waals surface area contributed by atoms with E-state index in [1.807, 2.05) is 29.2 Å². The molecule has 2 saturated heterocycles. The van der Waals surface area contributed by atoms with E-state index in [1.54, 1.807) is 0 Å². The number of nitrogens with zero attached hydrogens (tertiary/aromatic N) is 1. The van der Waals surface area contributed by atoms with Crippen molar-refractivity contribution in [1.29, 1.82) is 0 Å². The minimum atomic E-state index is -0.0428. The smallest absolute Gasteiger partial charge is 0.260 e. The predicted molar refractivity (Wildman–Crippen MR) is 105 cm³/mol. The SMILES string of the molecule is CCc1ccc(OCC(=O)N2CCCC(CNC(=O)C3CCCN3)C2)cc1. The summed E-state index contributed by atoms with van der Waals surface area (Å²) in [4.78, 5) is 26.5. The van der Waals surface area contributed by atoms with Crippen molar-refractivity contribution < 1.29 is 14.3 Å². The average molecular weight is 373 g/mol. The lowest BCUT2D eigenvalue weighted by molar-refractivity contribution is -0.135. The number of ether oxygens (including phenoxy) is 1. The van der Waals surface area contributed by atoms with Gasteiger partial charge in [0.15, 0.2) is 6.61 Å². The Bertz CT molecular complexity index is 626. The van der Waals surface area contributed by atoms with E-state index in [2.05, 4.69) is 17.6 Å². The minimum absolute atomic E-state index is 0.0167. The van der Waals surface area contributed by atoms with Crippen molar-refractivity contribution in [2.75, 3.05) is 32.8 Å². The second-order valence-corrected chi connectivity index (χ2v) is 7.53. The fourth-order valence-corrected chi connectivity index (χ4v) is 3.79. The highest BCUT2D eigenvalue weighted by Gasteiger charge is 2.26. The maximum Gasteiger partial charge on any atom is 0.260 e. The van der Waals surface area contributed by atoms with Crippen molar-refractivity contribution in [2.45, 2.75) is 45.1 Å². The molecule has 0 spiro atoms. The number of carbonyl (C=O) groups is 2. The summed E-state index contributed by atoms with van der Waals surface area (Å²) in [6.45, 7) is 5.20. The highest BCUT2D eigenvalue weighted by atomic mass is 16.5. The normalized spacial score (nSPS) is 22.5. The van der Waals surface area contributed by atoms with Crippen LogP contribution in [0.2, 0.25) is 0 Å². The fourth-order valence-electron chi connectivity index (χ4n) is 3.79. The van der Waals surface area contributed by atoms with Gasteiger partial charge in [-0.1, -0.05) is 19.1 Å². The molecule has 2 atom stereocenters. The van der Waals surface area contributed by atoms with Crippen LogP contribution in [0.4, 0.5) is 0 Å². The molecule has 27 heavy (non-hydrogen) atoms. The van der Waals surface area contributed by atoms with Gasteiger partial charge in [0.05, 0.1) is 6.04 Å². The molecule has 1 aromatic rings. The Morgan fingerprint density at radius 1 is 1.22 bits per heavy atom. The number of nitrogens with one attached hydrogen (secondary N) is 2. The molecule has 0 saturated carbocycles. The molecular weight excluding hydrogens is 342 g/mol. The Balaban J connectivity index is 1.41. The minimum Gasteiger partial charge on any atom is -0.484 e. The highest BCUT2D eigenvalue weighted by molar-refractivity contribution is 5.82. The van der Waals surface area contributed by atoms with E-state index in [-0.39, 0.29) is 24.5 Å². The standard InChI is InChI=1S/C21H31N3O3/c1-2-16-7-9-18(10-8-16)27-15-20(25)24-12-4-5-17(14-24)13-23-21(26)19-6-3-11-22-19/h7-10,17,19,22H,2-6,11-15H2,1H3,(H,23,26). The van der Waals surface area contributed by atoms with Gasteiger partial charge in [-0.3, -0.25) is 9.59 Å². The lowest BCUT2D eigenvalue weighted by Crippen LogP contribution is -2.47. The number of amides is 2. The molecule has 6 nitrogen and oxygen atoms in total. The van der Waals surface area contributed by atoms with Gasteiger partial charge in [0.2, 0.25) is 5.91 Å². The number of carbonyl (C=O) groups excluding carboxylic acids is 2. The van der Waals surface area contributed by atoms with E-state index >= 15 is 0 Å². The molecule has 2 aliphatic heterocycles. The third kappa shape index (κ3) is 5.70. The molecule has 1 aromatic carbocycles. The number of hydrogen-bond acceptors (Lipinski definition) is 4. The maximum absolute atomic E-state index is 12.5. The van der Waals surface area contributed by atoms with Gasteiger partial charge < -0.3 is 20.3 Å². The van der Waals surface area contributed by atoms with Crippen molar-refractivity contribution in [3.8, 4) is 5.75 Å². The summed E-state index contributed by atoms with van der Waals surface area (Å²) in [6, 6.07) is 7.84. The van der Waals surface area contributed by atoms with Crippen molar-refractivity contribution in [1.82, 2.24) is 15.5 Å². The van der Waals surface area contributed by atoms with Gasteiger partial charge in [0.25, 0.3) is 5.91 Å². The Labute approximate surface area is 161 Å². The van der Waals surface area contributed by atoms with Crippen LogP contribution in [0.5, 0.6) is 5.75 Å². The number of likely N-dealkylation sites (tertiary alicyclic amines) is 1. The van der Waals surface area contributed by atoms with Gasteiger partial charge in [-0.2, -0.15) is 0 Å². The summed E-state index contributed by atoms with van der Waals surface area (Å²) in [5.74, 6) is 1.15. The predicted octanol–water partition coefficient (Wildman–Crippen LogP) is 1.73. The lowest BCUT2D eigenvalue weighted by Gasteiger charge is -2.33. The first kappa shape index (κ1) is 19.7. The third-order valence-electron chi connectivity index (χ3n) is 5.51. The molecule has 2 unspecified atom stereocenters. The molecule has 0 radical (unpaired) electrons. The summed E-state index contributed by atoms with van der Waals surface area (Å²) >= 11 is 0. The second-order valence-electron chi connectivity index (χ2n) is 7.53. The van der Waals surface area contributed by atoms with Gasteiger partial charge in [-0.25, -0.2) is 0 Å². The zero-order chi connectivity index (χ0) is 19.1. The molecule has 2 fully saturated rings. The van der Waals surface area contributed by atoms with Crippen LogP contribution in [0.3, 0.4) is 0 Å². The Kier molecular flexibility index (Phi) is 7.10. The summed E-state index contributed by atoms with van der Waals surface area (Å²) in [6.07, 6.45) is 4.98. The summed E-state index contributed by atoms with van der Waals surface area (Å²) in [5.41, 5.74) is 1.25. The first-order valence-corrected chi connectivity index (χ1v) is 10.2. The summed E-state index contributed by atoms with van der Waals surface area (Å²) in [5, 5.41) is 6.27. The molecule has 148 valence electrons. The fraction of sp³-hybridized carbons (Fsp3) is 0.619. The zero-order valence-electron chi connectivity index (χ0n) is 16.2. The number of piperidine rings is 1.